The van der Waals surface area contributed by atoms with E-state index in [4.69, 9.17) is 9.47 Å². The molecule has 0 aliphatic carbocycles. The fourth-order valence-corrected chi connectivity index (χ4v) is 1.52. The van der Waals surface area contributed by atoms with Crippen molar-refractivity contribution in [1.82, 2.24) is 4.90 Å². The highest BCUT2D eigenvalue weighted by molar-refractivity contribution is 5.71. The van der Waals surface area contributed by atoms with Gasteiger partial charge >= 0.3 is 5.97 Å². The lowest BCUT2D eigenvalue weighted by molar-refractivity contribution is -0.144. The van der Waals surface area contributed by atoms with Crippen LogP contribution in [-0.2, 0) is 14.3 Å². The molecule has 4 heteroatoms. The molecule has 0 spiro atoms. The Morgan fingerprint density at radius 2 is 2.38 bits per heavy atom. The standard InChI is InChI=1S/C9H17NO3/c1-3-13-9(11)7-10-5-4-8(6-10)12-2/h8H,3-7H2,1-2H3. The molecule has 1 fully saturated rings. The van der Waals surface area contributed by atoms with Gasteiger partial charge < -0.3 is 9.47 Å². The Kier molecular flexibility index (Phi) is 4.18. The molecule has 1 rings (SSSR count). The maximum atomic E-state index is 11.1. The fraction of sp³-hybridized carbons (Fsp3) is 0.889. The van der Waals surface area contributed by atoms with Crippen LogP contribution in [0.5, 0.6) is 0 Å². The van der Waals surface area contributed by atoms with Gasteiger partial charge in [-0.3, -0.25) is 9.69 Å². The second-order valence-electron chi connectivity index (χ2n) is 3.19. The molecule has 0 saturated carbocycles. The molecule has 0 aromatic rings. The predicted molar refractivity (Wildman–Crippen MR) is 48.5 cm³/mol. The molecule has 4 nitrogen and oxygen atoms in total. The summed E-state index contributed by atoms with van der Waals surface area (Å²) in [6.45, 7) is 4.44. The molecule has 1 atom stereocenters. The van der Waals surface area contributed by atoms with Crippen molar-refractivity contribution in [3.05, 3.63) is 0 Å². The number of carbonyl (C=O) groups is 1. The number of carbonyl (C=O) groups excluding carboxylic acids is 1. The van der Waals surface area contributed by atoms with E-state index in [2.05, 4.69) is 4.90 Å². The number of methoxy groups -OCH3 is 1. The van der Waals surface area contributed by atoms with Gasteiger partial charge in [0.1, 0.15) is 0 Å². The highest BCUT2D eigenvalue weighted by Gasteiger charge is 2.23. The van der Waals surface area contributed by atoms with Gasteiger partial charge in [0.2, 0.25) is 0 Å². The number of rotatable bonds is 4. The smallest absolute Gasteiger partial charge is 0.320 e. The summed E-state index contributed by atoms with van der Waals surface area (Å²) < 4.78 is 10.0. The molecule has 0 aromatic heterocycles. The fourth-order valence-electron chi connectivity index (χ4n) is 1.52. The van der Waals surface area contributed by atoms with Gasteiger partial charge in [0.05, 0.1) is 19.3 Å². The number of ether oxygens (including phenoxy) is 2. The van der Waals surface area contributed by atoms with Crippen LogP contribution in [0.1, 0.15) is 13.3 Å². The molecule has 1 aliphatic rings. The van der Waals surface area contributed by atoms with Crippen LogP contribution in [0.25, 0.3) is 0 Å². The van der Waals surface area contributed by atoms with Gasteiger partial charge in [-0.1, -0.05) is 0 Å². The molecule has 13 heavy (non-hydrogen) atoms. The van der Waals surface area contributed by atoms with Crippen LogP contribution >= 0.6 is 0 Å². The molecule has 0 aromatic carbocycles. The lowest BCUT2D eigenvalue weighted by Crippen LogP contribution is -2.30. The summed E-state index contributed by atoms with van der Waals surface area (Å²) in [5.74, 6) is -0.140. The van der Waals surface area contributed by atoms with E-state index < -0.39 is 0 Å². The molecule has 0 amide bonds. The number of hydrogen-bond acceptors (Lipinski definition) is 4. The third kappa shape index (κ3) is 3.32. The zero-order valence-corrected chi connectivity index (χ0v) is 8.28. The summed E-state index contributed by atoms with van der Waals surface area (Å²) in [5, 5.41) is 0. The molecular formula is C9H17NO3. The average molecular weight is 187 g/mol. The first-order valence-corrected chi connectivity index (χ1v) is 4.67. The first-order valence-electron chi connectivity index (χ1n) is 4.67. The number of hydrogen-bond donors (Lipinski definition) is 0. The van der Waals surface area contributed by atoms with Crippen LogP contribution < -0.4 is 0 Å². The lowest BCUT2D eigenvalue weighted by atomic mass is 10.3. The summed E-state index contributed by atoms with van der Waals surface area (Å²) in [7, 11) is 1.71. The normalized spacial score (nSPS) is 23.4. The highest BCUT2D eigenvalue weighted by atomic mass is 16.5. The van der Waals surface area contributed by atoms with Gasteiger partial charge in [-0.25, -0.2) is 0 Å². The van der Waals surface area contributed by atoms with E-state index in [0.717, 1.165) is 19.5 Å². The van der Waals surface area contributed by atoms with Crippen molar-refractivity contribution in [3.63, 3.8) is 0 Å². The first-order chi connectivity index (χ1) is 6.26. The Bertz CT molecular complexity index is 172. The molecule has 0 bridgehead atoms. The minimum absolute atomic E-state index is 0.140. The molecule has 0 radical (unpaired) electrons. The van der Waals surface area contributed by atoms with E-state index >= 15 is 0 Å². The zero-order valence-electron chi connectivity index (χ0n) is 8.28. The average Bonchev–Trinajstić information content (AvgIpc) is 2.52. The van der Waals surface area contributed by atoms with E-state index in [1.165, 1.54) is 0 Å². The molecule has 1 unspecified atom stereocenters. The maximum Gasteiger partial charge on any atom is 0.320 e. The number of nitrogens with zero attached hydrogens (tertiary/aromatic N) is 1. The Hall–Kier alpha value is -0.610. The van der Waals surface area contributed by atoms with Gasteiger partial charge in [-0.2, -0.15) is 0 Å². The van der Waals surface area contributed by atoms with Gasteiger partial charge in [0, 0.05) is 20.2 Å². The maximum absolute atomic E-state index is 11.1. The number of esters is 1. The summed E-state index contributed by atoms with van der Waals surface area (Å²) >= 11 is 0. The van der Waals surface area contributed by atoms with Crippen molar-refractivity contribution in [2.45, 2.75) is 19.4 Å². The first kappa shape index (κ1) is 10.5. The van der Waals surface area contributed by atoms with Crippen molar-refractivity contribution in [1.29, 1.82) is 0 Å². The van der Waals surface area contributed by atoms with E-state index in [1.54, 1.807) is 7.11 Å². The SMILES string of the molecule is CCOC(=O)CN1CCC(OC)C1. The Labute approximate surface area is 78.8 Å². The van der Waals surface area contributed by atoms with Crippen LogP contribution in [0.15, 0.2) is 0 Å². The third-order valence-electron chi connectivity index (χ3n) is 2.22. The summed E-state index contributed by atoms with van der Waals surface area (Å²) in [4.78, 5) is 13.2. The number of likely N-dealkylation sites (tertiary alicyclic amines) is 1. The monoisotopic (exact) mass is 187 g/mol. The minimum atomic E-state index is -0.140. The highest BCUT2D eigenvalue weighted by Crippen LogP contribution is 2.10. The van der Waals surface area contributed by atoms with Crippen molar-refractivity contribution >= 4 is 5.97 Å². The topological polar surface area (TPSA) is 38.8 Å². The van der Waals surface area contributed by atoms with E-state index in [0.29, 0.717) is 13.2 Å². The van der Waals surface area contributed by atoms with Gasteiger partial charge in [-0.05, 0) is 13.3 Å². The van der Waals surface area contributed by atoms with Crippen molar-refractivity contribution < 1.29 is 14.3 Å². The van der Waals surface area contributed by atoms with Crippen molar-refractivity contribution in [3.8, 4) is 0 Å². The molecule has 0 N–H and O–H groups in total. The predicted octanol–water partition coefficient (Wildman–Crippen LogP) is 0.270. The van der Waals surface area contributed by atoms with Crippen molar-refractivity contribution in [2.24, 2.45) is 0 Å². The second kappa shape index (κ2) is 5.19. The Morgan fingerprint density at radius 1 is 1.62 bits per heavy atom. The Balaban J connectivity index is 2.19. The van der Waals surface area contributed by atoms with Gasteiger partial charge in [0.15, 0.2) is 0 Å². The molecule has 76 valence electrons. The van der Waals surface area contributed by atoms with Crippen LogP contribution in [-0.4, -0.2) is 50.3 Å². The third-order valence-corrected chi connectivity index (χ3v) is 2.22. The van der Waals surface area contributed by atoms with Crippen molar-refractivity contribution in [2.75, 3.05) is 33.4 Å². The molecule has 1 heterocycles. The summed E-state index contributed by atoms with van der Waals surface area (Å²) in [6.07, 6.45) is 1.30. The molecule has 1 saturated heterocycles. The molecular weight excluding hydrogens is 170 g/mol. The minimum Gasteiger partial charge on any atom is -0.465 e. The second-order valence-corrected chi connectivity index (χ2v) is 3.19. The molecule has 1 aliphatic heterocycles. The Morgan fingerprint density at radius 3 is 2.92 bits per heavy atom. The van der Waals surface area contributed by atoms with Crippen LogP contribution in [0.4, 0.5) is 0 Å². The summed E-state index contributed by atoms with van der Waals surface area (Å²) in [6, 6.07) is 0. The zero-order chi connectivity index (χ0) is 9.68. The van der Waals surface area contributed by atoms with Crippen LogP contribution in [0.2, 0.25) is 0 Å². The lowest BCUT2D eigenvalue weighted by Gasteiger charge is -2.13. The summed E-state index contributed by atoms with van der Waals surface area (Å²) in [5.41, 5.74) is 0. The quantitative estimate of drug-likeness (QED) is 0.592. The van der Waals surface area contributed by atoms with E-state index in [-0.39, 0.29) is 12.1 Å². The largest absolute Gasteiger partial charge is 0.465 e. The van der Waals surface area contributed by atoms with E-state index in [1.807, 2.05) is 6.92 Å². The van der Waals surface area contributed by atoms with Crippen LogP contribution in [0, 0.1) is 0 Å². The van der Waals surface area contributed by atoms with Gasteiger partial charge in [0.25, 0.3) is 0 Å². The van der Waals surface area contributed by atoms with Gasteiger partial charge in [-0.15, -0.1) is 0 Å². The van der Waals surface area contributed by atoms with Crippen LogP contribution in [0.3, 0.4) is 0 Å². The van der Waals surface area contributed by atoms with E-state index in [9.17, 15) is 4.79 Å².